The highest BCUT2D eigenvalue weighted by Gasteiger charge is 2.40. The van der Waals surface area contributed by atoms with Crippen LogP contribution in [0.1, 0.15) is 26.2 Å². The number of likely N-dealkylation sites (tertiary alicyclic amines) is 1. The van der Waals surface area contributed by atoms with E-state index in [1.807, 2.05) is 30.3 Å². The van der Waals surface area contributed by atoms with E-state index in [0.717, 1.165) is 4.90 Å². The molecule has 1 aliphatic rings. The van der Waals surface area contributed by atoms with Crippen molar-refractivity contribution in [3.05, 3.63) is 30.3 Å². The molecule has 4 atom stereocenters. The van der Waals surface area contributed by atoms with Crippen LogP contribution in [0.3, 0.4) is 0 Å². The monoisotopic (exact) mass is 499 g/mol. The Labute approximate surface area is 203 Å². The van der Waals surface area contributed by atoms with Gasteiger partial charge in [-0.2, -0.15) is 12.6 Å². The lowest BCUT2D eigenvalue weighted by Gasteiger charge is -2.24. The Kier molecular flexibility index (Phi) is 12.7. The number of amides is 1. The van der Waals surface area contributed by atoms with Crippen LogP contribution in [0, 0.1) is 5.92 Å². The highest BCUT2D eigenvalue weighted by atomic mass is 32.2. The maximum Gasteiger partial charge on any atom is 0.326 e. The molecule has 1 aromatic rings. The number of thioether (sulfide) groups is 1. The van der Waals surface area contributed by atoms with E-state index in [9.17, 15) is 19.5 Å². The van der Waals surface area contributed by atoms with Crippen molar-refractivity contribution in [2.75, 3.05) is 18.8 Å². The Hall–Kier alpha value is -2.44. The summed E-state index contributed by atoms with van der Waals surface area (Å²) in [4.78, 5) is 40.2. The first-order valence-corrected chi connectivity index (χ1v) is 12.0. The number of benzene rings is 1. The van der Waals surface area contributed by atoms with Gasteiger partial charge in [-0.25, -0.2) is 4.79 Å². The normalized spacial score (nSPS) is 19.1. The summed E-state index contributed by atoms with van der Waals surface area (Å²) < 4.78 is 0. The zero-order valence-electron chi connectivity index (χ0n) is 18.5. The van der Waals surface area contributed by atoms with E-state index in [1.165, 1.54) is 4.90 Å². The molecule has 12 heteroatoms. The van der Waals surface area contributed by atoms with Crippen LogP contribution in [-0.4, -0.2) is 75.1 Å². The predicted octanol–water partition coefficient (Wildman–Crippen LogP) is 0.851. The summed E-state index contributed by atoms with van der Waals surface area (Å²) in [7, 11) is 0. The van der Waals surface area contributed by atoms with Crippen molar-refractivity contribution in [2.45, 2.75) is 48.4 Å². The predicted molar refractivity (Wildman–Crippen MR) is 132 cm³/mol. The number of rotatable bonds is 10. The Morgan fingerprint density at radius 2 is 1.88 bits per heavy atom. The minimum absolute atomic E-state index is 0.0129. The van der Waals surface area contributed by atoms with Crippen molar-refractivity contribution in [3.63, 3.8) is 0 Å². The zero-order valence-corrected chi connectivity index (χ0v) is 20.3. The van der Waals surface area contributed by atoms with Gasteiger partial charge in [0.1, 0.15) is 12.1 Å². The van der Waals surface area contributed by atoms with Crippen molar-refractivity contribution >= 4 is 48.2 Å². The molecule has 184 valence electrons. The molecule has 2 rings (SSSR count). The lowest BCUT2D eigenvalue weighted by atomic mass is 10.1. The molecule has 1 saturated heterocycles. The number of carbonyl (C=O) groups is 3. The quantitative estimate of drug-likeness (QED) is 0.117. The molecule has 1 heterocycles. The van der Waals surface area contributed by atoms with Crippen LogP contribution >= 0.6 is 24.4 Å². The minimum atomic E-state index is -1.00. The molecule has 0 aromatic heterocycles. The molecule has 0 spiro atoms. The van der Waals surface area contributed by atoms with Crippen LogP contribution in [0.2, 0.25) is 0 Å². The molecule has 1 aliphatic heterocycles. The highest BCUT2D eigenvalue weighted by molar-refractivity contribution is 8.00. The van der Waals surface area contributed by atoms with Gasteiger partial charge >= 0.3 is 11.9 Å². The number of carboxylic acids is 2. The third-order valence-electron chi connectivity index (χ3n) is 4.86. The molecule has 10 nitrogen and oxygen atoms in total. The lowest BCUT2D eigenvalue weighted by molar-refractivity contribution is -0.149. The largest absolute Gasteiger partial charge is 0.480 e. The fourth-order valence-corrected chi connectivity index (χ4v) is 4.43. The first kappa shape index (κ1) is 28.6. The second kappa shape index (κ2) is 14.7. The van der Waals surface area contributed by atoms with Gasteiger partial charge < -0.3 is 32.3 Å². The van der Waals surface area contributed by atoms with Gasteiger partial charge in [-0.05, 0) is 31.4 Å². The van der Waals surface area contributed by atoms with Crippen LogP contribution in [0.25, 0.3) is 0 Å². The number of hydrogen-bond acceptors (Lipinski definition) is 7. The van der Waals surface area contributed by atoms with Crippen LogP contribution in [0.4, 0.5) is 0 Å². The standard InChI is InChI=1S/C15H19NO3S2.C6H14N4O2/c1-10(9-20)14(17)16-8-12(7-13(16)15(18)19)21-11-5-3-2-4-6-11;7-4(5(11)12)2-1-3-10-6(8)9/h2-6,10,12-13,20H,7-9H2,1H3,(H,18,19);4H,1-3,7H2,(H,11,12)(H4,8,9,10)/t10-,12-,13-;4-/m00/s1. The van der Waals surface area contributed by atoms with Gasteiger partial charge in [0, 0.05) is 34.9 Å². The van der Waals surface area contributed by atoms with E-state index in [1.54, 1.807) is 18.7 Å². The summed E-state index contributed by atoms with van der Waals surface area (Å²) >= 11 is 5.77. The number of carboxylic acid groups (broad SMARTS) is 2. The van der Waals surface area contributed by atoms with Crippen molar-refractivity contribution in [3.8, 4) is 0 Å². The molecule has 0 saturated carbocycles. The molecule has 1 amide bonds. The fourth-order valence-electron chi connectivity index (χ4n) is 3.06. The summed E-state index contributed by atoms with van der Waals surface area (Å²) in [6, 6.07) is 8.32. The van der Waals surface area contributed by atoms with Crippen LogP contribution in [-0.2, 0) is 14.4 Å². The topological polar surface area (TPSA) is 185 Å². The van der Waals surface area contributed by atoms with Gasteiger partial charge in [-0.15, -0.1) is 11.8 Å². The van der Waals surface area contributed by atoms with Gasteiger partial charge in [-0.3, -0.25) is 14.6 Å². The Bertz CT molecular complexity index is 807. The Morgan fingerprint density at radius 1 is 1.24 bits per heavy atom. The van der Waals surface area contributed by atoms with Crippen molar-refractivity contribution in [2.24, 2.45) is 28.1 Å². The second-order valence-electron chi connectivity index (χ2n) is 7.61. The number of nitrogens with zero attached hydrogens (tertiary/aromatic N) is 2. The van der Waals surface area contributed by atoms with Crippen LogP contribution in [0.5, 0.6) is 0 Å². The number of nitrogens with two attached hydrogens (primary N) is 3. The SMILES string of the molecule is C[C@@H](CS)C(=O)N1C[C@@H](Sc2ccccc2)C[C@H]1C(=O)O.NC(N)=NCCC[C@H](N)C(=O)O. The van der Waals surface area contributed by atoms with Crippen molar-refractivity contribution < 1.29 is 24.6 Å². The fraction of sp³-hybridized carbons (Fsp3) is 0.524. The summed E-state index contributed by atoms with van der Waals surface area (Å²) in [5.74, 6) is -1.85. The molecule has 0 aliphatic carbocycles. The third-order valence-corrected chi connectivity index (χ3v) is 6.62. The average Bonchev–Trinajstić information content (AvgIpc) is 3.20. The molecule has 33 heavy (non-hydrogen) atoms. The maximum atomic E-state index is 12.3. The second-order valence-corrected chi connectivity index (χ2v) is 9.35. The van der Waals surface area contributed by atoms with Crippen LogP contribution < -0.4 is 17.2 Å². The van der Waals surface area contributed by atoms with E-state index < -0.39 is 24.0 Å². The van der Waals surface area contributed by atoms with E-state index in [-0.39, 0.29) is 23.0 Å². The zero-order chi connectivity index (χ0) is 25.0. The molecule has 1 fully saturated rings. The molecule has 8 N–H and O–H groups in total. The van der Waals surface area contributed by atoms with Crippen LogP contribution in [0.15, 0.2) is 40.2 Å². The summed E-state index contributed by atoms with van der Waals surface area (Å²) in [5, 5.41) is 17.8. The molecule has 0 bridgehead atoms. The van der Waals surface area contributed by atoms with E-state index in [4.69, 9.17) is 22.3 Å². The van der Waals surface area contributed by atoms with E-state index in [2.05, 4.69) is 17.6 Å². The van der Waals surface area contributed by atoms with Crippen molar-refractivity contribution in [1.82, 2.24) is 4.90 Å². The van der Waals surface area contributed by atoms with Gasteiger partial charge in [0.05, 0.1) is 0 Å². The first-order valence-electron chi connectivity index (χ1n) is 10.5. The number of aliphatic imine (C=N–C) groups is 1. The van der Waals surface area contributed by atoms with E-state index in [0.29, 0.717) is 38.1 Å². The lowest BCUT2D eigenvalue weighted by Crippen LogP contribution is -2.43. The number of thiol groups is 1. The van der Waals surface area contributed by atoms with Gasteiger partial charge in [0.2, 0.25) is 5.91 Å². The number of guanidine groups is 1. The minimum Gasteiger partial charge on any atom is -0.480 e. The third kappa shape index (κ3) is 10.4. The smallest absolute Gasteiger partial charge is 0.326 e. The molecular formula is C21H33N5O5S2. The van der Waals surface area contributed by atoms with E-state index >= 15 is 0 Å². The van der Waals surface area contributed by atoms with Gasteiger partial charge in [0.15, 0.2) is 5.96 Å². The Balaban J connectivity index is 0.000000389. The highest BCUT2D eigenvalue weighted by Crippen LogP contribution is 2.33. The summed E-state index contributed by atoms with van der Waals surface area (Å²) in [6.45, 7) is 2.68. The van der Waals surface area contributed by atoms with Gasteiger partial charge in [0.25, 0.3) is 0 Å². The number of hydrogen-bond donors (Lipinski definition) is 6. The molecule has 1 aromatic carbocycles. The molecular weight excluding hydrogens is 466 g/mol. The average molecular weight is 500 g/mol. The van der Waals surface area contributed by atoms with Gasteiger partial charge in [-0.1, -0.05) is 25.1 Å². The molecule has 0 unspecified atom stereocenters. The molecule has 0 radical (unpaired) electrons. The number of aliphatic carboxylic acids is 2. The Morgan fingerprint density at radius 3 is 2.39 bits per heavy atom. The maximum absolute atomic E-state index is 12.3. The summed E-state index contributed by atoms with van der Waals surface area (Å²) in [6.07, 6.45) is 1.44. The van der Waals surface area contributed by atoms with Crippen molar-refractivity contribution in [1.29, 1.82) is 0 Å². The number of carbonyl (C=O) groups excluding carboxylic acids is 1. The first-order chi connectivity index (χ1) is 15.6. The summed E-state index contributed by atoms with van der Waals surface area (Å²) in [5.41, 5.74) is 15.3.